The topological polar surface area (TPSA) is 75.4 Å². The van der Waals surface area contributed by atoms with Crippen LogP contribution in [0.25, 0.3) is 5.57 Å². The summed E-state index contributed by atoms with van der Waals surface area (Å²) in [6.45, 7) is 3.53. The van der Waals surface area contributed by atoms with Crippen LogP contribution in [0.15, 0.2) is 60.2 Å². The fourth-order valence-electron chi connectivity index (χ4n) is 4.32. The second-order valence-corrected chi connectivity index (χ2v) is 8.09. The predicted octanol–water partition coefficient (Wildman–Crippen LogP) is 4.05. The molecular weight excluding hydrogens is 393 g/mol. The molecule has 0 aromatic heterocycles. The SMILES string of the molecule is Cc1cccc(C(N)=O)c1NC(=O)C1=CC(N2CC=C(c3ccc(F)cc3)CC2)CC1. The van der Waals surface area contributed by atoms with Crippen molar-refractivity contribution >= 4 is 23.1 Å². The molecule has 0 bridgehead atoms. The molecule has 6 heteroatoms. The van der Waals surface area contributed by atoms with Gasteiger partial charge in [-0.05, 0) is 61.1 Å². The first-order valence-electron chi connectivity index (χ1n) is 10.5. The quantitative estimate of drug-likeness (QED) is 0.768. The van der Waals surface area contributed by atoms with Crippen molar-refractivity contribution in [2.24, 2.45) is 5.73 Å². The molecule has 0 fully saturated rings. The number of nitrogens with one attached hydrogen (secondary N) is 1. The molecule has 2 aromatic carbocycles. The molecule has 1 aliphatic carbocycles. The third-order valence-electron chi connectivity index (χ3n) is 6.10. The first-order chi connectivity index (χ1) is 14.9. The van der Waals surface area contributed by atoms with Crippen molar-refractivity contribution in [1.29, 1.82) is 0 Å². The predicted molar refractivity (Wildman–Crippen MR) is 120 cm³/mol. The summed E-state index contributed by atoms with van der Waals surface area (Å²) < 4.78 is 13.2. The van der Waals surface area contributed by atoms with Gasteiger partial charge in [-0.25, -0.2) is 4.39 Å². The van der Waals surface area contributed by atoms with Crippen molar-refractivity contribution < 1.29 is 14.0 Å². The lowest BCUT2D eigenvalue weighted by molar-refractivity contribution is -0.112. The monoisotopic (exact) mass is 419 g/mol. The molecule has 2 amide bonds. The van der Waals surface area contributed by atoms with Crippen LogP contribution in [0.4, 0.5) is 10.1 Å². The number of rotatable bonds is 5. The number of halogens is 1. The maximum absolute atomic E-state index is 13.2. The minimum absolute atomic E-state index is 0.182. The number of aryl methyl sites for hydroxylation is 1. The van der Waals surface area contributed by atoms with Gasteiger partial charge in [0.05, 0.1) is 11.3 Å². The molecule has 3 N–H and O–H groups in total. The zero-order chi connectivity index (χ0) is 22.0. The van der Waals surface area contributed by atoms with E-state index < -0.39 is 5.91 Å². The van der Waals surface area contributed by atoms with Gasteiger partial charge in [-0.15, -0.1) is 0 Å². The van der Waals surface area contributed by atoms with Gasteiger partial charge in [0.2, 0.25) is 0 Å². The third kappa shape index (κ3) is 4.59. The standard InChI is InChI=1S/C25H26FN3O2/c1-16-3-2-4-22(24(27)30)23(16)28-25(31)19-7-10-21(15-19)29-13-11-18(12-14-29)17-5-8-20(26)9-6-17/h2-6,8-9,11,15,21H,7,10,12-14H2,1H3,(H2,27,30)(H,28,31). The molecule has 1 aliphatic heterocycles. The maximum atomic E-state index is 13.2. The molecule has 0 spiro atoms. The molecule has 160 valence electrons. The average Bonchev–Trinajstić information content (AvgIpc) is 3.26. The van der Waals surface area contributed by atoms with E-state index in [9.17, 15) is 14.0 Å². The highest BCUT2D eigenvalue weighted by Crippen LogP contribution is 2.30. The van der Waals surface area contributed by atoms with E-state index in [0.717, 1.165) is 42.6 Å². The molecule has 1 atom stereocenters. The zero-order valence-electron chi connectivity index (χ0n) is 17.5. The average molecular weight is 420 g/mol. The van der Waals surface area contributed by atoms with E-state index in [-0.39, 0.29) is 17.8 Å². The zero-order valence-corrected chi connectivity index (χ0v) is 17.5. The molecular formula is C25H26FN3O2. The Bertz CT molecular complexity index is 1070. The number of carbonyl (C=O) groups is 2. The largest absolute Gasteiger partial charge is 0.366 e. The lowest BCUT2D eigenvalue weighted by Gasteiger charge is -2.30. The first-order valence-corrected chi connectivity index (χ1v) is 10.5. The van der Waals surface area contributed by atoms with Gasteiger partial charge >= 0.3 is 0 Å². The van der Waals surface area contributed by atoms with Crippen LogP contribution in [0.1, 0.15) is 40.7 Å². The minimum Gasteiger partial charge on any atom is -0.366 e. The number of anilines is 1. The number of benzene rings is 2. The van der Waals surface area contributed by atoms with Crippen molar-refractivity contribution in [3.63, 3.8) is 0 Å². The molecule has 1 heterocycles. The van der Waals surface area contributed by atoms with E-state index in [1.165, 1.54) is 17.7 Å². The molecule has 2 aliphatic rings. The Morgan fingerprint density at radius 2 is 1.90 bits per heavy atom. The molecule has 5 nitrogen and oxygen atoms in total. The molecule has 0 radical (unpaired) electrons. The summed E-state index contributed by atoms with van der Waals surface area (Å²) in [6.07, 6.45) is 6.70. The van der Waals surface area contributed by atoms with Gasteiger partial charge in [0.1, 0.15) is 5.82 Å². The summed E-state index contributed by atoms with van der Waals surface area (Å²) in [5.74, 6) is -0.967. The van der Waals surface area contributed by atoms with E-state index >= 15 is 0 Å². The van der Waals surface area contributed by atoms with Crippen molar-refractivity contribution in [2.45, 2.75) is 32.2 Å². The van der Waals surface area contributed by atoms with Crippen molar-refractivity contribution in [1.82, 2.24) is 4.90 Å². The number of amides is 2. The molecule has 1 unspecified atom stereocenters. The first kappa shape index (κ1) is 21.0. The van der Waals surface area contributed by atoms with Crippen molar-refractivity contribution in [3.8, 4) is 0 Å². The number of nitrogens with two attached hydrogens (primary N) is 1. The molecule has 0 saturated heterocycles. The Balaban J connectivity index is 1.42. The summed E-state index contributed by atoms with van der Waals surface area (Å²) >= 11 is 0. The number of primary amides is 1. The van der Waals surface area contributed by atoms with Crippen molar-refractivity contribution in [3.05, 3.63) is 82.7 Å². The Morgan fingerprint density at radius 3 is 2.58 bits per heavy atom. The van der Waals surface area contributed by atoms with E-state index in [4.69, 9.17) is 5.73 Å². The molecule has 31 heavy (non-hydrogen) atoms. The Hall–Kier alpha value is -3.25. The van der Waals surface area contributed by atoms with Crippen LogP contribution in [0, 0.1) is 12.7 Å². The van der Waals surface area contributed by atoms with Crippen LogP contribution >= 0.6 is 0 Å². The summed E-state index contributed by atoms with van der Waals surface area (Å²) in [7, 11) is 0. The van der Waals surface area contributed by atoms with Crippen LogP contribution in [0.2, 0.25) is 0 Å². The lowest BCUT2D eigenvalue weighted by atomic mass is 9.98. The van der Waals surface area contributed by atoms with E-state index in [2.05, 4.69) is 16.3 Å². The van der Waals surface area contributed by atoms with Gasteiger partial charge in [0, 0.05) is 24.7 Å². The number of hydrogen-bond acceptors (Lipinski definition) is 3. The van der Waals surface area contributed by atoms with E-state index in [1.807, 2.05) is 31.2 Å². The number of carbonyl (C=O) groups excluding carboxylic acids is 2. The number of hydrogen-bond donors (Lipinski definition) is 2. The highest BCUT2D eigenvalue weighted by atomic mass is 19.1. The van der Waals surface area contributed by atoms with E-state index in [0.29, 0.717) is 17.7 Å². The van der Waals surface area contributed by atoms with Crippen LogP contribution in [-0.2, 0) is 4.79 Å². The summed E-state index contributed by atoms with van der Waals surface area (Å²) in [6, 6.07) is 12.0. The highest BCUT2D eigenvalue weighted by Gasteiger charge is 2.27. The second-order valence-electron chi connectivity index (χ2n) is 8.09. The molecule has 2 aromatic rings. The summed E-state index contributed by atoms with van der Waals surface area (Å²) in [5.41, 5.74) is 10.1. The number of nitrogens with zero attached hydrogens (tertiary/aromatic N) is 1. The fraction of sp³-hybridized carbons (Fsp3) is 0.280. The van der Waals surface area contributed by atoms with Gasteiger partial charge in [-0.3, -0.25) is 14.5 Å². The Kier molecular flexibility index (Phi) is 6.00. The lowest BCUT2D eigenvalue weighted by Crippen LogP contribution is -2.36. The number of para-hydroxylation sites is 1. The Morgan fingerprint density at radius 1 is 1.13 bits per heavy atom. The van der Waals surface area contributed by atoms with Crippen LogP contribution in [-0.4, -0.2) is 35.8 Å². The van der Waals surface area contributed by atoms with Crippen molar-refractivity contribution in [2.75, 3.05) is 18.4 Å². The van der Waals surface area contributed by atoms with Gasteiger partial charge in [-0.2, -0.15) is 0 Å². The second kappa shape index (κ2) is 8.86. The summed E-state index contributed by atoms with van der Waals surface area (Å²) in [5, 5.41) is 2.89. The van der Waals surface area contributed by atoms with E-state index in [1.54, 1.807) is 12.1 Å². The van der Waals surface area contributed by atoms with Gasteiger partial charge < -0.3 is 11.1 Å². The minimum atomic E-state index is -0.561. The van der Waals surface area contributed by atoms with Crippen LogP contribution in [0.5, 0.6) is 0 Å². The highest BCUT2D eigenvalue weighted by molar-refractivity contribution is 6.09. The fourth-order valence-corrected chi connectivity index (χ4v) is 4.32. The van der Waals surface area contributed by atoms with Gasteiger partial charge in [0.15, 0.2) is 0 Å². The molecule has 0 saturated carbocycles. The maximum Gasteiger partial charge on any atom is 0.251 e. The van der Waals surface area contributed by atoms with Crippen LogP contribution < -0.4 is 11.1 Å². The van der Waals surface area contributed by atoms with Gasteiger partial charge in [0.25, 0.3) is 11.8 Å². The smallest absolute Gasteiger partial charge is 0.251 e. The van der Waals surface area contributed by atoms with Gasteiger partial charge in [-0.1, -0.05) is 36.4 Å². The molecule has 4 rings (SSSR count). The Labute approximate surface area is 181 Å². The third-order valence-corrected chi connectivity index (χ3v) is 6.10. The van der Waals surface area contributed by atoms with Crippen LogP contribution in [0.3, 0.4) is 0 Å². The summed E-state index contributed by atoms with van der Waals surface area (Å²) in [4.78, 5) is 26.9. The normalized spacial score (nSPS) is 19.0.